The molecule has 1 saturated heterocycles. The number of hydrogen-bond donors (Lipinski definition) is 1. The summed E-state index contributed by atoms with van der Waals surface area (Å²) < 4.78 is 18.1. The minimum absolute atomic E-state index is 0.0595. The van der Waals surface area contributed by atoms with Crippen LogP contribution in [0.2, 0.25) is 0 Å². The maximum Gasteiger partial charge on any atom is 0.183 e. The van der Waals surface area contributed by atoms with Gasteiger partial charge in [-0.1, -0.05) is 43.7 Å². The summed E-state index contributed by atoms with van der Waals surface area (Å²) >= 11 is 0. The maximum absolute atomic E-state index is 11.5. The van der Waals surface area contributed by atoms with Gasteiger partial charge in [0.2, 0.25) is 0 Å². The van der Waals surface area contributed by atoms with Crippen molar-refractivity contribution < 1.29 is 19.3 Å². The first kappa shape index (κ1) is 23.2. The first-order valence-corrected chi connectivity index (χ1v) is 12.1. The van der Waals surface area contributed by atoms with Crippen molar-refractivity contribution in [3.63, 3.8) is 0 Å². The Morgan fingerprint density at radius 3 is 2.65 bits per heavy atom. The fourth-order valence-corrected chi connectivity index (χ4v) is 7.47. The van der Waals surface area contributed by atoms with Gasteiger partial charge in [0.1, 0.15) is 0 Å². The van der Waals surface area contributed by atoms with Gasteiger partial charge in [0.25, 0.3) is 0 Å². The van der Waals surface area contributed by atoms with E-state index in [1.165, 1.54) is 24.0 Å². The number of aliphatic hydroxyl groups is 1. The van der Waals surface area contributed by atoms with Crippen molar-refractivity contribution >= 4 is 0 Å². The topological polar surface area (TPSA) is 47.9 Å². The molecule has 0 bridgehead atoms. The summed E-state index contributed by atoms with van der Waals surface area (Å²) in [6, 6.07) is 0. The van der Waals surface area contributed by atoms with Gasteiger partial charge in [0.05, 0.1) is 5.60 Å². The Bertz CT molecular complexity index is 776. The van der Waals surface area contributed by atoms with Gasteiger partial charge in [-0.2, -0.15) is 0 Å². The lowest BCUT2D eigenvalue weighted by molar-refractivity contribution is -0.265. The highest BCUT2D eigenvalue weighted by molar-refractivity contribution is 5.28. The molecule has 174 valence electrons. The van der Waals surface area contributed by atoms with E-state index in [0.29, 0.717) is 24.2 Å². The molecule has 4 nitrogen and oxygen atoms in total. The predicted molar refractivity (Wildman–Crippen MR) is 123 cm³/mol. The molecule has 2 saturated carbocycles. The molecule has 0 amide bonds. The second-order valence-corrected chi connectivity index (χ2v) is 11.4. The molecule has 31 heavy (non-hydrogen) atoms. The summed E-state index contributed by atoms with van der Waals surface area (Å²) in [5, 5.41) is 11.5. The highest BCUT2D eigenvalue weighted by Gasteiger charge is 2.68. The summed E-state index contributed by atoms with van der Waals surface area (Å²) in [4.78, 5) is 0. The zero-order valence-corrected chi connectivity index (χ0v) is 20.5. The number of allylic oxidation sites excluding steroid dienone is 5. The zero-order valence-electron chi connectivity index (χ0n) is 20.5. The Morgan fingerprint density at radius 2 is 2.00 bits per heavy atom. The van der Waals surface area contributed by atoms with Crippen LogP contribution >= 0.6 is 0 Å². The van der Waals surface area contributed by atoms with Crippen molar-refractivity contribution in [2.45, 2.75) is 84.4 Å². The molecule has 4 aliphatic rings. The summed E-state index contributed by atoms with van der Waals surface area (Å²) in [5.41, 5.74) is 1.93. The fourth-order valence-electron chi connectivity index (χ4n) is 7.47. The molecule has 0 unspecified atom stereocenters. The molecular weight excluding hydrogens is 388 g/mol. The van der Waals surface area contributed by atoms with Gasteiger partial charge in [-0.05, 0) is 81.1 Å². The molecule has 1 heterocycles. The summed E-state index contributed by atoms with van der Waals surface area (Å²) in [5.74, 6) is 1.19. The molecule has 3 aliphatic carbocycles. The van der Waals surface area contributed by atoms with Crippen LogP contribution in [0, 0.1) is 35.0 Å². The summed E-state index contributed by atoms with van der Waals surface area (Å²) in [6.45, 7) is 11.1. The number of hydrogen-bond acceptors (Lipinski definition) is 4. The highest BCUT2D eigenvalue weighted by atomic mass is 16.8. The van der Waals surface area contributed by atoms with E-state index in [-0.39, 0.29) is 23.5 Å². The van der Waals surface area contributed by atoms with E-state index in [0.717, 1.165) is 12.8 Å². The lowest BCUT2D eigenvalue weighted by atomic mass is 9.62. The fraction of sp³-hybridized carbons (Fsp3) is 0.778. The number of rotatable bonds is 5. The van der Waals surface area contributed by atoms with Crippen LogP contribution in [0.4, 0.5) is 0 Å². The highest BCUT2D eigenvalue weighted by Crippen LogP contribution is 2.65. The summed E-state index contributed by atoms with van der Waals surface area (Å²) in [7, 11) is 3.42. The third kappa shape index (κ3) is 3.78. The van der Waals surface area contributed by atoms with Crippen molar-refractivity contribution in [1.29, 1.82) is 0 Å². The first-order chi connectivity index (χ1) is 14.6. The van der Waals surface area contributed by atoms with E-state index < -0.39 is 11.4 Å². The number of ether oxygens (including phenoxy) is 3. The van der Waals surface area contributed by atoms with Gasteiger partial charge in [-0.25, -0.2) is 0 Å². The average Bonchev–Trinajstić information content (AvgIpc) is 3.23. The smallest absolute Gasteiger partial charge is 0.183 e. The van der Waals surface area contributed by atoms with Crippen molar-refractivity contribution in [2.75, 3.05) is 14.2 Å². The summed E-state index contributed by atoms with van der Waals surface area (Å²) in [6.07, 6.45) is 13.9. The van der Waals surface area contributed by atoms with Gasteiger partial charge < -0.3 is 19.3 Å². The minimum Gasteiger partial charge on any atom is -0.390 e. The molecule has 1 N–H and O–H groups in total. The Hall–Kier alpha value is -0.940. The minimum atomic E-state index is -0.809. The largest absolute Gasteiger partial charge is 0.390 e. The normalized spacial score (nSPS) is 49.2. The zero-order chi connectivity index (χ0) is 22.6. The molecule has 0 aromatic heterocycles. The molecule has 4 heteroatoms. The van der Waals surface area contributed by atoms with Gasteiger partial charge >= 0.3 is 0 Å². The van der Waals surface area contributed by atoms with E-state index in [2.05, 4.69) is 52.0 Å². The third-order valence-corrected chi connectivity index (χ3v) is 9.05. The van der Waals surface area contributed by atoms with Crippen molar-refractivity contribution in [2.24, 2.45) is 35.0 Å². The van der Waals surface area contributed by atoms with Crippen LogP contribution in [0.5, 0.6) is 0 Å². The Morgan fingerprint density at radius 1 is 1.26 bits per heavy atom. The molecule has 4 rings (SSSR count). The lowest BCUT2D eigenvalue weighted by Gasteiger charge is -2.43. The quantitative estimate of drug-likeness (QED) is 0.454. The standard InChI is InChI=1S/C27H42O4/c1-17(2)9-8-10-18(3)19-13-14-25(4)15-22-23-20(11-12-21(19)25)24(29-6)31-27(23,30-7)16-26(22,5)28/h8-11,18-19,21-24,28H,12-16H2,1-7H3/b10-8+,20-11+/t18-,19+,21-,22-,23+,24-,25+,26+,27-/m0/s1. The van der Waals surface area contributed by atoms with Gasteiger partial charge in [0.15, 0.2) is 12.1 Å². The SMILES string of the molecule is CO[C@H]1O[C@@]2(OC)C[C@@](C)(O)[C@H]3C[C@@]4(C)CC[C@H]([C@@H](C)/C=C/C=C(C)C)[C@@H]4C/C=C/1[C@H]32. The van der Waals surface area contributed by atoms with Crippen LogP contribution in [-0.2, 0) is 14.2 Å². The number of fused-ring (bicyclic) bond motifs is 1. The molecule has 9 atom stereocenters. The molecule has 0 aromatic rings. The maximum atomic E-state index is 11.5. The van der Waals surface area contributed by atoms with Crippen LogP contribution in [0.25, 0.3) is 0 Å². The second-order valence-electron chi connectivity index (χ2n) is 11.4. The first-order valence-electron chi connectivity index (χ1n) is 12.1. The molecule has 1 aliphatic heterocycles. The Kier molecular flexibility index (Phi) is 6.09. The molecule has 0 radical (unpaired) electrons. The monoisotopic (exact) mass is 430 g/mol. The van der Waals surface area contributed by atoms with E-state index in [1.807, 2.05) is 6.92 Å². The van der Waals surface area contributed by atoms with Crippen LogP contribution in [0.3, 0.4) is 0 Å². The van der Waals surface area contributed by atoms with Crippen molar-refractivity contribution in [3.05, 3.63) is 35.5 Å². The van der Waals surface area contributed by atoms with Crippen LogP contribution in [0.15, 0.2) is 35.5 Å². The lowest BCUT2D eigenvalue weighted by Crippen LogP contribution is -2.40. The third-order valence-electron chi connectivity index (χ3n) is 9.05. The van der Waals surface area contributed by atoms with Crippen molar-refractivity contribution in [1.82, 2.24) is 0 Å². The van der Waals surface area contributed by atoms with Crippen LogP contribution in [-0.4, -0.2) is 37.0 Å². The van der Waals surface area contributed by atoms with Gasteiger partial charge in [0, 0.05) is 26.6 Å². The predicted octanol–water partition coefficient (Wildman–Crippen LogP) is 5.63. The Balaban J connectivity index is 1.69. The molecular formula is C27H42O4. The van der Waals surface area contributed by atoms with Crippen molar-refractivity contribution in [3.8, 4) is 0 Å². The van der Waals surface area contributed by atoms with E-state index in [1.54, 1.807) is 14.2 Å². The van der Waals surface area contributed by atoms with E-state index in [4.69, 9.17) is 14.2 Å². The number of methoxy groups -OCH3 is 2. The average molecular weight is 431 g/mol. The molecule has 0 aromatic carbocycles. The van der Waals surface area contributed by atoms with E-state index in [9.17, 15) is 5.11 Å². The molecule has 0 spiro atoms. The van der Waals surface area contributed by atoms with E-state index >= 15 is 0 Å². The Labute approximate surface area is 188 Å². The van der Waals surface area contributed by atoms with Crippen LogP contribution in [0.1, 0.15) is 66.7 Å². The van der Waals surface area contributed by atoms with Crippen LogP contribution < -0.4 is 0 Å². The second kappa shape index (κ2) is 8.13. The van der Waals surface area contributed by atoms with Gasteiger partial charge in [-0.15, -0.1) is 0 Å². The van der Waals surface area contributed by atoms with Gasteiger partial charge in [-0.3, -0.25) is 0 Å². The molecule has 3 fully saturated rings.